The summed E-state index contributed by atoms with van der Waals surface area (Å²) < 4.78 is 0. The van der Waals surface area contributed by atoms with E-state index in [1.807, 2.05) is 18.2 Å². The number of fused-ring (bicyclic) bond motifs is 1. The maximum absolute atomic E-state index is 9.73. The Balaban J connectivity index is 1.73. The van der Waals surface area contributed by atoms with Gasteiger partial charge in [0.05, 0.1) is 23.6 Å². The Morgan fingerprint density at radius 3 is 2.59 bits per heavy atom. The maximum Gasteiger partial charge on any atom is 0.230 e. The molecular weight excluding hydrogens is 364 g/mol. The van der Waals surface area contributed by atoms with Crippen molar-refractivity contribution in [3.63, 3.8) is 0 Å². The van der Waals surface area contributed by atoms with Crippen LogP contribution >= 0.6 is 11.6 Å². The lowest BCUT2D eigenvalue weighted by atomic mass is 10.0. The highest BCUT2D eigenvalue weighted by molar-refractivity contribution is 6.33. The van der Waals surface area contributed by atoms with Crippen LogP contribution in [-0.2, 0) is 0 Å². The summed E-state index contributed by atoms with van der Waals surface area (Å²) in [5.41, 5.74) is 3.05. The summed E-state index contributed by atoms with van der Waals surface area (Å²) in [6.45, 7) is 0. The van der Waals surface area contributed by atoms with Crippen LogP contribution in [0.4, 0.5) is 11.6 Å². The van der Waals surface area contributed by atoms with Crippen LogP contribution in [0.3, 0.4) is 0 Å². The standard InChI is InChI=1S/C20H15ClN4O2/c1-25(14-7-16(27)11-22-10-14)20-23-9-13-6-12(2-5-19(13)24-20)17-8-15(26)3-4-18(17)21/h2-11,26-27H,1H3. The molecule has 2 N–H and O–H groups in total. The molecule has 0 atom stereocenters. The normalized spacial score (nSPS) is 10.9. The van der Waals surface area contributed by atoms with Crippen LogP contribution in [0, 0.1) is 0 Å². The molecule has 0 saturated carbocycles. The summed E-state index contributed by atoms with van der Waals surface area (Å²) in [4.78, 5) is 14.7. The van der Waals surface area contributed by atoms with Crippen molar-refractivity contribution in [3.05, 3.63) is 66.1 Å². The first kappa shape index (κ1) is 17.1. The van der Waals surface area contributed by atoms with Crippen LogP contribution < -0.4 is 4.90 Å². The zero-order valence-corrected chi connectivity index (χ0v) is 15.1. The molecule has 0 unspecified atom stereocenters. The van der Waals surface area contributed by atoms with E-state index >= 15 is 0 Å². The fraction of sp³-hybridized carbons (Fsp3) is 0.0500. The molecule has 2 aromatic heterocycles. The van der Waals surface area contributed by atoms with Crippen molar-refractivity contribution >= 4 is 34.1 Å². The van der Waals surface area contributed by atoms with Gasteiger partial charge in [0.25, 0.3) is 0 Å². The molecule has 4 rings (SSSR count). The maximum atomic E-state index is 9.73. The number of halogens is 1. The molecule has 0 amide bonds. The molecule has 0 aliphatic heterocycles. The van der Waals surface area contributed by atoms with Crippen molar-refractivity contribution in [2.45, 2.75) is 0 Å². The smallest absolute Gasteiger partial charge is 0.230 e. The monoisotopic (exact) mass is 378 g/mol. The highest BCUT2D eigenvalue weighted by Crippen LogP contribution is 2.33. The summed E-state index contributed by atoms with van der Waals surface area (Å²) in [6.07, 6.45) is 4.72. The van der Waals surface area contributed by atoms with Gasteiger partial charge in [-0.25, -0.2) is 9.97 Å². The van der Waals surface area contributed by atoms with E-state index in [0.717, 1.165) is 22.0 Å². The van der Waals surface area contributed by atoms with Gasteiger partial charge in [-0.3, -0.25) is 4.98 Å². The zero-order valence-electron chi connectivity index (χ0n) is 14.3. The molecule has 0 aliphatic carbocycles. The van der Waals surface area contributed by atoms with Crippen molar-refractivity contribution in [2.75, 3.05) is 11.9 Å². The minimum atomic E-state index is 0.0766. The van der Waals surface area contributed by atoms with Gasteiger partial charge in [-0.15, -0.1) is 0 Å². The predicted octanol–water partition coefficient (Wildman–Crippen LogP) is 4.52. The zero-order chi connectivity index (χ0) is 19.0. The van der Waals surface area contributed by atoms with Crippen molar-refractivity contribution < 1.29 is 10.2 Å². The number of anilines is 2. The molecule has 4 aromatic rings. The number of phenolic OH excluding ortho intramolecular Hbond substituents is 1. The van der Waals surface area contributed by atoms with Crippen molar-refractivity contribution in [1.29, 1.82) is 0 Å². The molecule has 0 fully saturated rings. The topological polar surface area (TPSA) is 82.4 Å². The third-order valence-electron chi connectivity index (χ3n) is 4.22. The number of hydrogen-bond acceptors (Lipinski definition) is 6. The highest BCUT2D eigenvalue weighted by atomic mass is 35.5. The van der Waals surface area contributed by atoms with Gasteiger partial charge in [0.15, 0.2) is 0 Å². The number of phenols is 1. The Labute approximate surface area is 160 Å². The van der Waals surface area contributed by atoms with Gasteiger partial charge in [0.2, 0.25) is 5.95 Å². The Bertz CT molecular complexity index is 1150. The summed E-state index contributed by atoms with van der Waals surface area (Å²) in [5, 5.41) is 20.7. The van der Waals surface area contributed by atoms with E-state index in [4.69, 9.17) is 11.6 Å². The number of pyridine rings is 1. The molecule has 0 aliphatic rings. The minimum Gasteiger partial charge on any atom is -0.508 e. The molecule has 6 nitrogen and oxygen atoms in total. The number of nitrogens with zero attached hydrogens (tertiary/aromatic N) is 4. The molecule has 0 saturated heterocycles. The Hall–Kier alpha value is -3.38. The molecule has 2 heterocycles. The quantitative estimate of drug-likeness (QED) is 0.545. The molecule has 2 aromatic carbocycles. The predicted molar refractivity (Wildman–Crippen MR) is 106 cm³/mol. The fourth-order valence-corrected chi connectivity index (χ4v) is 3.03. The van der Waals surface area contributed by atoms with E-state index in [2.05, 4.69) is 15.0 Å². The van der Waals surface area contributed by atoms with E-state index in [-0.39, 0.29) is 11.5 Å². The van der Waals surface area contributed by atoms with Gasteiger partial charge in [0, 0.05) is 35.3 Å². The summed E-state index contributed by atoms with van der Waals surface area (Å²) in [5.74, 6) is 0.716. The van der Waals surface area contributed by atoms with Crippen LogP contribution in [0.25, 0.3) is 22.0 Å². The number of aromatic hydroxyl groups is 2. The van der Waals surface area contributed by atoms with Gasteiger partial charge >= 0.3 is 0 Å². The van der Waals surface area contributed by atoms with Crippen molar-refractivity contribution in [2.24, 2.45) is 0 Å². The third kappa shape index (κ3) is 3.35. The fourth-order valence-electron chi connectivity index (χ4n) is 2.80. The van der Waals surface area contributed by atoms with Crippen LogP contribution in [0.2, 0.25) is 5.02 Å². The van der Waals surface area contributed by atoms with Gasteiger partial charge in [0.1, 0.15) is 11.5 Å². The summed E-state index contributed by atoms with van der Waals surface area (Å²) >= 11 is 6.25. The third-order valence-corrected chi connectivity index (χ3v) is 4.55. The van der Waals surface area contributed by atoms with Crippen molar-refractivity contribution in [3.8, 4) is 22.6 Å². The molecule has 7 heteroatoms. The first-order valence-electron chi connectivity index (χ1n) is 8.15. The van der Waals surface area contributed by atoms with Gasteiger partial charge in [-0.05, 0) is 35.9 Å². The Morgan fingerprint density at radius 1 is 0.926 bits per heavy atom. The van der Waals surface area contributed by atoms with E-state index in [1.165, 1.54) is 6.20 Å². The molecule has 134 valence electrons. The van der Waals surface area contributed by atoms with Gasteiger partial charge < -0.3 is 15.1 Å². The number of benzene rings is 2. The van der Waals surface area contributed by atoms with Crippen molar-refractivity contribution in [1.82, 2.24) is 15.0 Å². The largest absolute Gasteiger partial charge is 0.508 e. The Kier molecular flexibility index (Phi) is 4.25. The summed E-state index contributed by atoms with van der Waals surface area (Å²) in [7, 11) is 1.80. The van der Waals surface area contributed by atoms with Gasteiger partial charge in [-0.2, -0.15) is 0 Å². The lowest BCUT2D eigenvalue weighted by Gasteiger charge is -2.17. The average Bonchev–Trinajstić information content (AvgIpc) is 2.68. The number of rotatable bonds is 3. The Morgan fingerprint density at radius 2 is 1.78 bits per heavy atom. The number of hydrogen-bond donors (Lipinski definition) is 2. The molecular formula is C20H15ClN4O2. The minimum absolute atomic E-state index is 0.0766. The lowest BCUT2D eigenvalue weighted by Crippen LogP contribution is -2.13. The lowest BCUT2D eigenvalue weighted by molar-refractivity contribution is 0.472. The second kappa shape index (κ2) is 6.74. The van der Waals surface area contributed by atoms with E-state index in [1.54, 1.807) is 48.6 Å². The van der Waals surface area contributed by atoms with Crippen LogP contribution in [0.5, 0.6) is 11.5 Å². The number of aromatic nitrogens is 3. The molecule has 27 heavy (non-hydrogen) atoms. The van der Waals surface area contributed by atoms with Crippen LogP contribution in [0.15, 0.2) is 61.1 Å². The highest BCUT2D eigenvalue weighted by Gasteiger charge is 2.11. The van der Waals surface area contributed by atoms with Crippen LogP contribution in [0.1, 0.15) is 0 Å². The van der Waals surface area contributed by atoms with Crippen LogP contribution in [-0.4, -0.2) is 32.2 Å². The average molecular weight is 379 g/mol. The molecule has 0 radical (unpaired) electrons. The molecule has 0 spiro atoms. The first-order valence-corrected chi connectivity index (χ1v) is 8.52. The molecule has 0 bridgehead atoms. The van der Waals surface area contributed by atoms with Gasteiger partial charge in [-0.1, -0.05) is 17.7 Å². The second-order valence-corrected chi connectivity index (χ2v) is 6.48. The van der Waals surface area contributed by atoms with E-state index in [0.29, 0.717) is 16.7 Å². The van der Waals surface area contributed by atoms with E-state index < -0.39 is 0 Å². The SMILES string of the molecule is CN(c1cncc(O)c1)c1ncc2cc(-c3cc(O)ccc3Cl)ccc2n1. The van der Waals surface area contributed by atoms with E-state index in [9.17, 15) is 10.2 Å². The second-order valence-electron chi connectivity index (χ2n) is 6.07. The first-order chi connectivity index (χ1) is 13.0. The summed E-state index contributed by atoms with van der Waals surface area (Å²) in [6, 6.07) is 12.1.